The van der Waals surface area contributed by atoms with Crippen LogP contribution in [0.25, 0.3) is 0 Å². The van der Waals surface area contributed by atoms with Gasteiger partial charge in [-0.1, -0.05) is 33.8 Å². The van der Waals surface area contributed by atoms with Crippen LogP contribution in [0.4, 0.5) is 0 Å². The van der Waals surface area contributed by atoms with Gasteiger partial charge in [0.15, 0.2) is 11.5 Å². The zero-order chi connectivity index (χ0) is 14.8. The van der Waals surface area contributed by atoms with Gasteiger partial charge in [-0.15, -0.1) is 0 Å². The number of rotatable bonds is 4. The molecule has 2 rings (SSSR count). The molecule has 0 radical (unpaired) electrons. The highest BCUT2D eigenvalue weighted by Crippen LogP contribution is 2.40. The van der Waals surface area contributed by atoms with E-state index in [1.54, 1.807) is 0 Å². The highest BCUT2D eigenvalue weighted by molar-refractivity contribution is 5.44. The largest absolute Gasteiger partial charge is 0.489 e. The summed E-state index contributed by atoms with van der Waals surface area (Å²) in [6.45, 7) is 10.4. The summed E-state index contributed by atoms with van der Waals surface area (Å²) in [5.74, 6) is 2.17. The Bertz CT molecular complexity index is 456. The fourth-order valence-corrected chi connectivity index (χ4v) is 2.66. The van der Waals surface area contributed by atoms with Crippen molar-refractivity contribution in [3.8, 4) is 11.5 Å². The third-order valence-corrected chi connectivity index (χ3v) is 4.33. The quantitative estimate of drug-likeness (QED) is 0.908. The Morgan fingerprint density at radius 3 is 2.50 bits per heavy atom. The molecule has 3 nitrogen and oxygen atoms in total. The lowest BCUT2D eigenvalue weighted by Gasteiger charge is -2.34. The van der Waals surface area contributed by atoms with E-state index in [1.165, 1.54) is 5.56 Å². The van der Waals surface area contributed by atoms with Crippen molar-refractivity contribution in [3.63, 3.8) is 0 Å². The Labute approximate surface area is 122 Å². The van der Waals surface area contributed by atoms with Crippen LogP contribution in [0.5, 0.6) is 11.5 Å². The standard InChI is InChI=1S/C17H27NO2/c1-6-17(3,4)16(18-5)13-7-8-14-15(9-13)20-11-12(2)10-19-14/h7-9,12,16,18H,6,10-11H2,1-5H3. The topological polar surface area (TPSA) is 30.5 Å². The predicted molar refractivity (Wildman–Crippen MR) is 82.5 cm³/mol. The molecule has 0 bridgehead atoms. The van der Waals surface area contributed by atoms with E-state index in [9.17, 15) is 0 Å². The lowest BCUT2D eigenvalue weighted by atomic mass is 9.78. The predicted octanol–water partition coefficient (Wildman–Crippen LogP) is 3.79. The van der Waals surface area contributed by atoms with Gasteiger partial charge < -0.3 is 14.8 Å². The van der Waals surface area contributed by atoms with Gasteiger partial charge in [0.1, 0.15) is 0 Å². The third-order valence-electron chi connectivity index (χ3n) is 4.33. The number of benzene rings is 1. The molecule has 1 aromatic rings. The van der Waals surface area contributed by atoms with Gasteiger partial charge in [-0.05, 0) is 36.6 Å². The fraction of sp³-hybridized carbons (Fsp3) is 0.647. The molecule has 0 saturated heterocycles. The molecule has 0 aliphatic carbocycles. The second-order valence-corrected chi connectivity index (χ2v) is 6.50. The van der Waals surface area contributed by atoms with Crippen molar-refractivity contribution in [3.05, 3.63) is 23.8 Å². The smallest absolute Gasteiger partial charge is 0.161 e. The first-order valence-corrected chi connectivity index (χ1v) is 7.54. The second-order valence-electron chi connectivity index (χ2n) is 6.50. The Morgan fingerprint density at radius 1 is 1.25 bits per heavy atom. The molecule has 2 atom stereocenters. The van der Waals surface area contributed by atoms with Crippen LogP contribution in [0.2, 0.25) is 0 Å². The zero-order valence-corrected chi connectivity index (χ0v) is 13.3. The van der Waals surface area contributed by atoms with Crippen LogP contribution in [0.15, 0.2) is 18.2 Å². The molecule has 20 heavy (non-hydrogen) atoms. The molecule has 0 fully saturated rings. The molecule has 1 heterocycles. The van der Waals surface area contributed by atoms with E-state index in [0.29, 0.717) is 12.0 Å². The van der Waals surface area contributed by atoms with Crippen LogP contribution in [-0.4, -0.2) is 20.3 Å². The number of hydrogen-bond acceptors (Lipinski definition) is 3. The van der Waals surface area contributed by atoms with E-state index in [4.69, 9.17) is 9.47 Å². The molecule has 1 aliphatic heterocycles. The molecule has 3 heteroatoms. The van der Waals surface area contributed by atoms with Crippen LogP contribution < -0.4 is 14.8 Å². The summed E-state index contributed by atoms with van der Waals surface area (Å²) < 4.78 is 11.7. The molecule has 112 valence electrons. The van der Waals surface area contributed by atoms with Gasteiger partial charge in [0.2, 0.25) is 0 Å². The van der Waals surface area contributed by atoms with Crippen molar-refractivity contribution >= 4 is 0 Å². The Balaban J connectivity index is 2.30. The normalized spacial score (nSPS) is 20.4. The van der Waals surface area contributed by atoms with Crippen molar-refractivity contribution in [2.45, 2.75) is 40.2 Å². The number of hydrogen-bond donors (Lipinski definition) is 1. The molecule has 0 aromatic heterocycles. The SMILES string of the molecule is CCC(C)(C)C(NC)c1ccc2c(c1)OCC(C)CO2. The Kier molecular flexibility index (Phi) is 4.59. The minimum atomic E-state index is 0.196. The van der Waals surface area contributed by atoms with E-state index >= 15 is 0 Å². The van der Waals surface area contributed by atoms with Crippen LogP contribution in [0.1, 0.15) is 45.7 Å². The van der Waals surface area contributed by atoms with Gasteiger partial charge >= 0.3 is 0 Å². The summed E-state index contributed by atoms with van der Waals surface area (Å²) in [5.41, 5.74) is 1.46. The molecular weight excluding hydrogens is 250 g/mol. The summed E-state index contributed by atoms with van der Waals surface area (Å²) in [7, 11) is 2.02. The van der Waals surface area contributed by atoms with Gasteiger partial charge in [0, 0.05) is 12.0 Å². The average Bonchev–Trinajstić information content (AvgIpc) is 2.62. The van der Waals surface area contributed by atoms with Crippen LogP contribution >= 0.6 is 0 Å². The average molecular weight is 277 g/mol. The summed E-state index contributed by atoms with van der Waals surface area (Å²) in [6, 6.07) is 6.63. The molecule has 0 amide bonds. The molecule has 0 saturated carbocycles. The molecular formula is C17H27NO2. The first kappa shape index (κ1) is 15.2. The second kappa shape index (κ2) is 6.04. The van der Waals surface area contributed by atoms with E-state index in [-0.39, 0.29) is 5.41 Å². The van der Waals surface area contributed by atoms with E-state index < -0.39 is 0 Å². The highest BCUT2D eigenvalue weighted by Gasteiger charge is 2.29. The molecule has 1 aromatic carbocycles. The summed E-state index contributed by atoms with van der Waals surface area (Å²) in [5, 5.41) is 3.44. The summed E-state index contributed by atoms with van der Waals surface area (Å²) in [6.07, 6.45) is 1.12. The maximum Gasteiger partial charge on any atom is 0.161 e. The lowest BCUT2D eigenvalue weighted by Crippen LogP contribution is -2.31. The first-order chi connectivity index (χ1) is 9.47. The van der Waals surface area contributed by atoms with Crippen molar-refractivity contribution in [2.24, 2.45) is 11.3 Å². The monoisotopic (exact) mass is 277 g/mol. The van der Waals surface area contributed by atoms with E-state index in [1.807, 2.05) is 13.1 Å². The Morgan fingerprint density at radius 2 is 1.90 bits per heavy atom. The van der Waals surface area contributed by atoms with Gasteiger partial charge in [0.25, 0.3) is 0 Å². The van der Waals surface area contributed by atoms with Crippen LogP contribution in [0.3, 0.4) is 0 Å². The number of nitrogens with one attached hydrogen (secondary N) is 1. The molecule has 1 aliphatic rings. The van der Waals surface area contributed by atoms with Crippen molar-refractivity contribution < 1.29 is 9.47 Å². The molecule has 0 spiro atoms. The van der Waals surface area contributed by atoms with Gasteiger partial charge in [-0.3, -0.25) is 0 Å². The van der Waals surface area contributed by atoms with Gasteiger partial charge in [0.05, 0.1) is 13.2 Å². The molecule has 2 unspecified atom stereocenters. The zero-order valence-electron chi connectivity index (χ0n) is 13.3. The van der Waals surface area contributed by atoms with Gasteiger partial charge in [-0.2, -0.15) is 0 Å². The summed E-state index contributed by atoms with van der Waals surface area (Å²) in [4.78, 5) is 0. The maximum absolute atomic E-state index is 5.89. The minimum Gasteiger partial charge on any atom is -0.489 e. The Hall–Kier alpha value is -1.22. The van der Waals surface area contributed by atoms with E-state index in [0.717, 1.165) is 31.1 Å². The summed E-state index contributed by atoms with van der Waals surface area (Å²) >= 11 is 0. The fourth-order valence-electron chi connectivity index (χ4n) is 2.66. The number of ether oxygens (including phenoxy) is 2. The van der Waals surface area contributed by atoms with Crippen molar-refractivity contribution in [1.29, 1.82) is 0 Å². The maximum atomic E-state index is 5.89. The van der Waals surface area contributed by atoms with Crippen molar-refractivity contribution in [2.75, 3.05) is 20.3 Å². The highest BCUT2D eigenvalue weighted by atomic mass is 16.5. The van der Waals surface area contributed by atoms with Crippen molar-refractivity contribution in [1.82, 2.24) is 5.32 Å². The minimum absolute atomic E-state index is 0.196. The lowest BCUT2D eigenvalue weighted by molar-refractivity contribution is 0.228. The third kappa shape index (κ3) is 3.09. The van der Waals surface area contributed by atoms with E-state index in [2.05, 4.69) is 45.1 Å². The van der Waals surface area contributed by atoms with Crippen LogP contribution in [-0.2, 0) is 0 Å². The number of fused-ring (bicyclic) bond motifs is 1. The van der Waals surface area contributed by atoms with Crippen LogP contribution in [0, 0.1) is 11.3 Å². The molecule has 1 N–H and O–H groups in total. The first-order valence-electron chi connectivity index (χ1n) is 7.54. The van der Waals surface area contributed by atoms with Gasteiger partial charge in [-0.25, -0.2) is 0 Å².